The van der Waals surface area contributed by atoms with Gasteiger partial charge in [0.1, 0.15) is 0 Å². The summed E-state index contributed by atoms with van der Waals surface area (Å²) in [6.45, 7) is 14.9. The van der Waals surface area contributed by atoms with Crippen molar-refractivity contribution in [1.29, 1.82) is 0 Å². The van der Waals surface area contributed by atoms with Crippen LogP contribution in [0.25, 0.3) is 0 Å². The minimum atomic E-state index is -0.757. The van der Waals surface area contributed by atoms with Gasteiger partial charge in [-0.05, 0) is 0 Å². The Morgan fingerprint density at radius 2 is 0.733 bits per heavy atom. The van der Waals surface area contributed by atoms with Gasteiger partial charge in [0.25, 0.3) is 0 Å². The summed E-state index contributed by atoms with van der Waals surface area (Å²) in [7, 11) is 0. The second kappa shape index (κ2) is 7.84. The molecule has 101 valence electrons. The van der Waals surface area contributed by atoms with Crippen LogP contribution < -0.4 is 0 Å². The fraction of sp³-hybridized carbons (Fsp3) is 1.00. The zero-order valence-corrected chi connectivity index (χ0v) is 15.7. The topological polar surface area (TPSA) is 0 Å². The van der Waals surface area contributed by atoms with Crippen molar-refractivity contribution in [3.63, 3.8) is 0 Å². The van der Waals surface area contributed by atoms with Gasteiger partial charge in [-0.25, -0.2) is 0 Å². The van der Waals surface area contributed by atoms with Crippen molar-refractivity contribution in [2.24, 2.45) is 0 Å². The van der Waals surface area contributed by atoms with Gasteiger partial charge in [-0.3, -0.25) is 0 Å². The Labute approximate surface area is 107 Å². The summed E-state index contributed by atoms with van der Waals surface area (Å²) in [6, 6.07) is 0. The van der Waals surface area contributed by atoms with Gasteiger partial charge >= 0.3 is 108 Å². The first-order chi connectivity index (χ1) is 7.07. The Hall–Kier alpha value is 1.60. The fourth-order valence-electron chi connectivity index (χ4n) is 2.16. The summed E-state index contributed by atoms with van der Waals surface area (Å²) >= 11 is 0.727. The van der Waals surface area contributed by atoms with Crippen LogP contribution in [0.15, 0.2) is 0 Å². The van der Waals surface area contributed by atoms with Crippen LogP contribution in [0.5, 0.6) is 0 Å². The molecule has 0 atom stereocenters. The van der Waals surface area contributed by atoms with Gasteiger partial charge in [-0.15, -0.1) is 0 Å². The Morgan fingerprint density at radius 1 is 0.533 bits per heavy atom. The second-order valence-electron chi connectivity index (χ2n) is 4.34. The van der Waals surface area contributed by atoms with E-state index in [1.165, 1.54) is 0 Å². The average molecular weight is 435 g/mol. The van der Waals surface area contributed by atoms with Crippen molar-refractivity contribution >= 4 is 10.3 Å². The van der Waals surface area contributed by atoms with Crippen molar-refractivity contribution in [2.45, 2.75) is 41.5 Å². The summed E-state index contributed by atoms with van der Waals surface area (Å²) < 4.78 is 0. The zero-order valence-electron chi connectivity index (χ0n) is 11.5. The SMILES string of the molecule is CC[PH](CC)(CC)[Au][PH](CC)(CC)CC. The van der Waals surface area contributed by atoms with Crippen LogP contribution in [0.4, 0.5) is 0 Å². The van der Waals surface area contributed by atoms with Gasteiger partial charge in [0.15, 0.2) is 0 Å². The molecule has 0 heterocycles. The van der Waals surface area contributed by atoms with Crippen molar-refractivity contribution in [1.82, 2.24) is 0 Å². The summed E-state index contributed by atoms with van der Waals surface area (Å²) in [5.74, 6) is 0. The predicted molar refractivity (Wildman–Crippen MR) is 79.9 cm³/mol. The summed E-state index contributed by atoms with van der Waals surface area (Å²) in [4.78, 5) is 0. The van der Waals surface area contributed by atoms with Gasteiger partial charge in [0, 0.05) is 0 Å². The van der Waals surface area contributed by atoms with Gasteiger partial charge in [-0.2, -0.15) is 0 Å². The standard InChI is InChI=1S/2C6H15P.Au/c2*1-4-7(5-2)6-3;/h2*4-6H2,1-3H3;/q;;-2/p+2. The fourth-order valence-corrected chi connectivity index (χ4v) is 53.0. The van der Waals surface area contributed by atoms with E-state index in [-0.39, 0.29) is 0 Å². The molecule has 0 saturated carbocycles. The molecule has 0 aliphatic rings. The second-order valence-corrected chi connectivity index (χ2v) is 32.1. The molecule has 0 spiro atoms. The molecule has 0 fully saturated rings. The van der Waals surface area contributed by atoms with Crippen LogP contribution in [-0.2, 0) is 18.7 Å². The summed E-state index contributed by atoms with van der Waals surface area (Å²) in [5, 5.41) is -1.51. The Balaban J connectivity index is 4.74. The normalized spacial score (nSPS) is 15.6. The molecule has 0 N–H and O–H groups in total. The van der Waals surface area contributed by atoms with Crippen LogP contribution in [0.2, 0.25) is 0 Å². The molecule has 15 heavy (non-hydrogen) atoms. The summed E-state index contributed by atoms with van der Waals surface area (Å²) in [6.07, 6.45) is 9.39. The van der Waals surface area contributed by atoms with E-state index in [2.05, 4.69) is 41.5 Å². The van der Waals surface area contributed by atoms with Gasteiger partial charge < -0.3 is 0 Å². The van der Waals surface area contributed by atoms with Crippen molar-refractivity contribution in [3.8, 4) is 0 Å². The Morgan fingerprint density at radius 3 is 0.867 bits per heavy atom. The van der Waals surface area contributed by atoms with Crippen molar-refractivity contribution in [2.75, 3.05) is 37.0 Å². The Bertz CT molecular complexity index is 128. The maximum atomic E-state index is 2.48. The van der Waals surface area contributed by atoms with Crippen LogP contribution in [0.1, 0.15) is 41.5 Å². The molecule has 0 radical (unpaired) electrons. The van der Waals surface area contributed by atoms with Crippen LogP contribution in [-0.4, -0.2) is 37.0 Å². The van der Waals surface area contributed by atoms with E-state index < -0.39 is 10.3 Å². The molecule has 0 aliphatic heterocycles. The van der Waals surface area contributed by atoms with E-state index in [1.54, 1.807) is 37.0 Å². The molecule has 0 unspecified atom stereocenters. The molecule has 0 saturated heterocycles. The first kappa shape index (κ1) is 16.6. The van der Waals surface area contributed by atoms with Gasteiger partial charge in [-0.1, -0.05) is 0 Å². The van der Waals surface area contributed by atoms with Gasteiger partial charge in [0.05, 0.1) is 0 Å². The number of hydrogen-bond donors (Lipinski definition) is 0. The van der Waals surface area contributed by atoms with Crippen LogP contribution >= 0.6 is 10.3 Å². The van der Waals surface area contributed by atoms with Crippen LogP contribution in [0, 0.1) is 0 Å². The molecular formula is C12H32AuP2. The Kier molecular flexibility index (Phi) is 8.67. The van der Waals surface area contributed by atoms with Gasteiger partial charge in [0.2, 0.25) is 0 Å². The zero-order chi connectivity index (χ0) is 11.9. The van der Waals surface area contributed by atoms with E-state index in [9.17, 15) is 0 Å². The van der Waals surface area contributed by atoms with E-state index in [4.69, 9.17) is 0 Å². The van der Waals surface area contributed by atoms with E-state index in [0.717, 1.165) is 18.7 Å². The molecule has 0 aliphatic carbocycles. The molecule has 0 amide bonds. The monoisotopic (exact) mass is 435 g/mol. The minimum absolute atomic E-state index is 0.727. The maximum absolute atomic E-state index is 2.48. The third kappa shape index (κ3) is 4.40. The molecule has 0 aromatic carbocycles. The first-order valence-electron chi connectivity index (χ1n) is 6.67. The third-order valence-corrected chi connectivity index (χ3v) is 48.3. The number of rotatable bonds is 8. The first-order valence-corrected chi connectivity index (χ1v) is 18.0. The molecule has 0 aromatic heterocycles. The van der Waals surface area contributed by atoms with E-state index in [0.29, 0.717) is 0 Å². The van der Waals surface area contributed by atoms with Crippen molar-refractivity contribution < 1.29 is 18.7 Å². The molecular weight excluding hydrogens is 403 g/mol. The van der Waals surface area contributed by atoms with Crippen molar-refractivity contribution in [3.05, 3.63) is 0 Å². The average Bonchev–Trinajstić information content (AvgIpc) is 2.33. The molecule has 0 aromatic rings. The predicted octanol–water partition coefficient (Wildman–Crippen LogP) is 4.52. The molecule has 3 heteroatoms. The molecule has 0 bridgehead atoms. The number of hydrogen-bond acceptors (Lipinski definition) is 0. The third-order valence-electron chi connectivity index (χ3n) is 3.96. The van der Waals surface area contributed by atoms with E-state index >= 15 is 0 Å². The molecule has 0 rings (SSSR count). The van der Waals surface area contributed by atoms with E-state index in [1.807, 2.05) is 0 Å². The molecule has 0 nitrogen and oxygen atoms in total. The summed E-state index contributed by atoms with van der Waals surface area (Å²) in [5.41, 5.74) is 0. The quantitative estimate of drug-likeness (QED) is 0.389. The van der Waals surface area contributed by atoms with Crippen LogP contribution in [0.3, 0.4) is 0 Å².